The minimum atomic E-state index is -0.751. The lowest BCUT2D eigenvalue weighted by atomic mass is 10.0. The van der Waals surface area contributed by atoms with E-state index in [2.05, 4.69) is 10.4 Å². The molecule has 3 rings (SSSR count). The van der Waals surface area contributed by atoms with Crippen LogP contribution in [0, 0.1) is 0 Å². The fourth-order valence-electron chi connectivity index (χ4n) is 3.18. The molecule has 0 unspecified atom stereocenters. The van der Waals surface area contributed by atoms with Crippen molar-refractivity contribution < 1.29 is 14.3 Å². The van der Waals surface area contributed by atoms with Gasteiger partial charge in [-0.1, -0.05) is 61.9 Å². The normalized spacial score (nSPS) is 11.8. The number of aryl methyl sites for hydroxylation is 1. The highest BCUT2D eigenvalue weighted by molar-refractivity contribution is 6.02. The maximum Gasteiger partial charge on any atom is 0.359 e. The van der Waals surface area contributed by atoms with Crippen LogP contribution >= 0.6 is 0 Å². The number of ether oxygens (including phenoxy) is 1. The third-order valence-electron chi connectivity index (χ3n) is 4.60. The van der Waals surface area contributed by atoms with E-state index in [4.69, 9.17) is 4.74 Å². The summed E-state index contributed by atoms with van der Waals surface area (Å²) < 4.78 is 6.27. The summed E-state index contributed by atoms with van der Waals surface area (Å²) in [6, 6.07) is 16.2. The fraction of sp³-hybridized carbons (Fsp3) is 0.273. The summed E-state index contributed by atoms with van der Waals surface area (Å²) in [6.07, 6.45) is 1.67. The summed E-state index contributed by atoms with van der Waals surface area (Å²) in [5, 5.41) is 7.69. The van der Waals surface area contributed by atoms with Crippen molar-refractivity contribution in [3.05, 3.63) is 76.2 Å². The van der Waals surface area contributed by atoms with E-state index in [0.717, 1.165) is 23.1 Å². The van der Waals surface area contributed by atoms with Gasteiger partial charge in [-0.25, -0.2) is 9.48 Å². The molecule has 0 saturated carbocycles. The number of esters is 1. The van der Waals surface area contributed by atoms with Gasteiger partial charge in [0.15, 0.2) is 12.3 Å². The van der Waals surface area contributed by atoms with E-state index in [1.807, 2.05) is 37.3 Å². The molecule has 0 fully saturated rings. The van der Waals surface area contributed by atoms with Crippen LogP contribution in [0.5, 0.6) is 0 Å². The molecular weight excluding hydrogens is 370 g/mol. The third-order valence-corrected chi connectivity index (χ3v) is 4.60. The van der Waals surface area contributed by atoms with Gasteiger partial charge < -0.3 is 10.1 Å². The zero-order valence-electron chi connectivity index (χ0n) is 16.4. The molecule has 0 saturated heterocycles. The van der Waals surface area contributed by atoms with Gasteiger partial charge in [-0.3, -0.25) is 9.59 Å². The lowest BCUT2D eigenvalue weighted by Crippen LogP contribution is -2.33. The number of hydrogen-bond donors (Lipinski definition) is 1. The van der Waals surface area contributed by atoms with E-state index in [1.165, 1.54) is 7.05 Å². The molecule has 0 aliphatic rings. The lowest BCUT2D eigenvalue weighted by molar-refractivity contribution is -0.125. The second-order valence-electron chi connectivity index (χ2n) is 6.72. The number of carbonyl (C=O) groups excluding carboxylic acids is 2. The summed E-state index contributed by atoms with van der Waals surface area (Å²) in [5.74, 6) is -1.14. The van der Waals surface area contributed by atoms with Crippen molar-refractivity contribution in [1.29, 1.82) is 0 Å². The number of carbonyl (C=O) groups is 2. The van der Waals surface area contributed by atoms with Crippen molar-refractivity contribution >= 4 is 22.6 Å². The third kappa shape index (κ3) is 4.68. The zero-order valence-corrected chi connectivity index (χ0v) is 16.4. The van der Waals surface area contributed by atoms with Gasteiger partial charge in [-0.2, -0.15) is 5.10 Å². The second kappa shape index (κ2) is 9.14. The molecule has 1 aromatic heterocycles. The first-order chi connectivity index (χ1) is 14.0. The molecule has 1 N–H and O–H groups in total. The molecule has 0 radical (unpaired) electrons. The first-order valence-corrected chi connectivity index (χ1v) is 9.48. The number of rotatable bonds is 7. The van der Waals surface area contributed by atoms with E-state index in [9.17, 15) is 14.4 Å². The van der Waals surface area contributed by atoms with Gasteiger partial charge in [-0.05, 0) is 18.1 Å². The predicted octanol–water partition coefficient (Wildman–Crippen LogP) is 2.75. The standard InChI is InChI=1S/C22H23N3O4/c1-3-9-18(15-10-5-4-6-11-15)23-19(26)14-29-22(28)20-16-12-7-8-13-17(16)21(27)25(2)24-20/h4-8,10-13,18H,3,9,14H2,1-2H3,(H,23,26)/t18-/m0/s1. The highest BCUT2D eigenvalue weighted by Crippen LogP contribution is 2.18. The summed E-state index contributed by atoms with van der Waals surface area (Å²) >= 11 is 0. The largest absolute Gasteiger partial charge is 0.451 e. The molecule has 7 nitrogen and oxygen atoms in total. The molecule has 1 amide bonds. The molecule has 3 aromatic rings. The van der Waals surface area contributed by atoms with Crippen molar-refractivity contribution in [3.8, 4) is 0 Å². The van der Waals surface area contributed by atoms with Crippen LogP contribution < -0.4 is 10.9 Å². The van der Waals surface area contributed by atoms with E-state index in [0.29, 0.717) is 10.8 Å². The summed E-state index contributed by atoms with van der Waals surface area (Å²) in [7, 11) is 1.47. The fourth-order valence-corrected chi connectivity index (χ4v) is 3.18. The van der Waals surface area contributed by atoms with E-state index < -0.39 is 18.5 Å². The van der Waals surface area contributed by atoms with Crippen LogP contribution in [-0.4, -0.2) is 28.3 Å². The van der Waals surface area contributed by atoms with Crippen LogP contribution in [0.2, 0.25) is 0 Å². The number of aromatic nitrogens is 2. The summed E-state index contributed by atoms with van der Waals surface area (Å²) in [6.45, 7) is 1.61. The SMILES string of the molecule is CCC[C@H](NC(=O)COC(=O)c1nn(C)c(=O)c2ccccc12)c1ccccc1. The van der Waals surface area contributed by atoms with Crippen LogP contribution in [0.4, 0.5) is 0 Å². The van der Waals surface area contributed by atoms with Crippen LogP contribution in [0.25, 0.3) is 10.8 Å². The Kier molecular flexibility index (Phi) is 6.39. The Morgan fingerprint density at radius 3 is 2.41 bits per heavy atom. The van der Waals surface area contributed by atoms with Gasteiger partial charge >= 0.3 is 5.97 Å². The summed E-state index contributed by atoms with van der Waals surface area (Å²) in [4.78, 5) is 37.1. The molecule has 7 heteroatoms. The van der Waals surface area contributed by atoms with Gasteiger partial charge in [0.05, 0.1) is 11.4 Å². The minimum Gasteiger partial charge on any atom is -0.451 e. The van der Waals surface area contributed by atoms with Gasteiger partial charge in [0.1, 0.15) is 0 Å². The molecule has 0 aliphatic heterocycles. The van der Waals surface area contributed by atoms with Gasteiger partial charge in [0.25, 0.3) is 11.5 Å². The van der Waals surface area contributed by atoms with Gasteiger partial charge in [0.2, 0.25) is 0 Å². The topological polar surface area (TPSA) is 90.3 Å². The molecule has 1 heterocycles. The molecule has 0 aliphatic carbocycles. The van der Waals surface area contributed by atoms with E-state index >= 15 is 0 Å². The highest BCUT2D eigenvalue weighted by Gasteiger charge is 2.19. The molecule has 0 spiro atoms. The Bertz CT molecular complexity index is 1080. The molecular formula is C22H23N3O4. The first-order valence-electron chi connectivity index (χ1n) is 9.48. The van der Waals surface area contributed by atoms with Crippen LogP contribution in [0.1, 0.15) is 41.9 Å². The van der Waals surface area contributed by atoms with Crippen molar-refractivity contribution in [2.75, 3.05) is 6.61 Å². The molecule has 150 valence electrons. The maximum atomic E-state index is 12.5. The quantitative estimate of drug-likeness (QED) is 0.624. The summed E-state index contributed by atoms with van der Waals surface area (Å²) in [5.41, 5.74) is 0.698. The van der Waals surface area contributed by atoms with Gasteiger partial charge in [-0.15, -0.1) is 0 Å². The van der Waals surface area contributed by atoms with Gasteiger partial charge in [0, 0.05) is 12.4 Å². The molecule has 29 heavy (non-hydrogen) atoms. The van der Waals surface area contributed by atoms with Crippen LogP contribution in [0.3, 0.4) is 0 Å². The Hall–Kier alpha value is -3.48. The van der Waals surface area contributed by atoms with Crippen LogP contribution in [0.15, 0.2) is 59.4 Å². The minimum absolute atomic E-state index is 0.00340. The average Bonchev–Trinajstić information content (AvgIpc) is 2.75. The van der Waals surface area contributed by atoms with E-state index in [-0.39, 0.29) is 17.3 Å². The monoisotopic (exact) mass is 393 g/mol. The Labute approximate surface area is 168 Å². The van der Waals surface area contributed by atoms with Crippen molar-refractivity contribution in [2.45, 2.75) is 25.8 Å². The number of hydrogen-bond acceptors (Lipinski definition) is 5. The zero-order chi connectivity index (χ0) is 20.8. The number of nitrogens with zero attached hydrogens (tertiary/aromatic N) is 2. The number of fused-ring (bicyclic) bond motifs is 1. The number of nitrogens with one attached hydrogen (secondary N) is 1. The van der Waals surface area contributed by atoms with Crippen LogP contribution in [-0.2, 0) is 16.6 Å². The Balaban J connectivity index is 1.71. The maximum absolute atomic E-state index is 12.5. The lowest BCUT2D eigenvalue weighted by Gasteiger charge is -2.18. The molecule has 0 bridgehead atoms. The second-order valence-corrected chi connectivity index (χ2v) is 6.72. The van der Waals surface area contributed by atoms with E-state index in [1.54, 1.807) is 24.3 Å². The van der Waals surface area contributed by atoms with Crippen molar-refractivity contribution in [1.82, 2.24) is 15.1 Å². The van der Waals surface area contributed by atoms with Crippen molar-refractivity contribution in [2.24, 2.45) is 7.05 Å². The highest BCUT2D eigenvalue weighted by atomic mass is 16.5. The van der Waals surface area contributed by atoms with Crippen molar-refractivity contribution in [3.63, 3.8) is 0 Å². The predicted molar refractivity (Wildman–Crippen MR) is 110 cm³/mol. The number of amides is 1. The molecule has 1 atom stereocenters. The average molecular weight is 393 g/mol. The first kappa shape index (κ1) is 20.3. The Morgan fingerprint density at radius 2 is 1.72 bits per heavy atom. The molecule has 2 aromatic carbocycles. The Morgan fingerprint density at radius 1 is 1.07 bits per heavy atom. The number of benzene rings is 2. The smallest absolute Gasteiger partial charge is 0.359 e.